The van der Waals surface area contributed by atoms with Crippen LogP contribution in [0.2, 0.25) is 0 Å². The van der Waals surface area contributed by atoms with Gasteiger partial charge in [0, 0.05) is 12.1 Å². The fourth-order valence-corrected chi connectivity index (χ4v) is 3.67. The topological polar surface area (TPSA) is 114 Å². The Morgan fingerprint density at radius 2 is 1.59 bits per heavy atom. The van der Waals surface area contributed by atoms with Gasteiger partial charge in [0.15, 0.2) is 18.2 Å². The molecule has 0 saturated carbocycles. The maximum absolute atomic E-state index is 13.5. The standard InChI is InChI=1S/C22H20FN3O5S/c23-19-11-4-5-12-20(19)31-15-21(27)25-26-22(28)17-9-6-10-18(13-17)32(29,30)24-14-16-7-2-1-3-8-16/h1-13,24H,14-15H2,(H,25,27)(H,26,28). The lowest BCUT2D eigenvalue weighted by molar-refractivity contribution is -0.123. The second-order valence-electron chi connectivity index (χ2n) is 6.56. The second-order valence-corrected chi connectivity index (χ2v) is 8.33. The Kier molecular flexibility index (Phi) is 7.53. The number of halogens is 1. The molecule has 0 atom stereocenters. The largest absolute Gasteiger partial charge is 0.481 e. The van der Waals surface area contributed by atoms with Gasteiger partial charge in [-0.2, -0.15) is 0 Å². The Morgan fingerprint density at radius 3 is 2.34 bits per heavy atom. The number of rotatable bonds is 8. The highest BCUT2D eigenvalue weighted by Gasteiger charge is 2.16. The summed E-state index contributed by atoms with van der Waals surface area (Å²) in [7, 11) is -3.86. The third-order valence-electron chi connectivity index (χ3n) is 4.23. The highest BCUT2D eigenvalue weighted by atomic mass is 32.2. The molecule has 0 unspecified atom stereocenters. The number of carbonyl (C=O) groups excluding carboxylic acids is 2. The molecule has 0 aliphatic rings. The number of hydrogen-bond acceptors (Lipinski definition) is 5. The molecule has 10 heteroatoms. The number of sulfonamides is 1. The number of para-hydroxylation sites is 1. The fraction of sp³-hybridized carbons (Fsp3) is 0.0909. The van der Waals surface area contributed by atoms with E-state index >= 15 is 0 Å². The van der Waals surface area contributed by atoms with Crippen LogP contribution < -0.4 is 20.3 Å². The van der Waals surface area contributed by atoms with Gasteiger partial charge in [-0.1, -0.05) is 48.5 Å². The maximum atomic E-state index is 13.5. The van der Waals surface area contributed by atoms with E-state index in [4.69, 9.17) is 4.74 Å². The molecule has 3 N–H and O–H groups in total. The summed E-state index contributed by atoms with van der Waals surface area (Å²) in [4.78, 5) is 24.0. The molecule has 3 aromatic carbocycles. The number of amides is 2. The number of nitrogens with one attached hydrogen (secondary N) is 3. The van der Waals surface area contributed by atoms with E-state index in [1.165, 1.54) is 42.5 Å². The van der Waals surface area contributed by atoms with E-state index in [9.17, 15) is 22.4 Å². The van der Waals surface area contributed by atoms with E-state index in [1.807, 2.05) is 6.07 Å². The van der Waals surface area contributed by atoms with Gasteiger partial charge in [0.25, 0.3) is 11.8 Å². The van der Waals surface area contributed by atoms with Gasteiger partial charge < -0.3 is 4.74 Å². The molecular weight excluding hydrogens is 437 g/mol. The summed E-state index contributed by atoms with van der Waals surface area (Å²) in [6, 6.07) is 19.9. The van der Waals surface area contributed by atoms with Crippen LogP contribution in [0.25, 0.3) is 0 Å². The Morgan fingerprint density at radius 1 is 0.875 bits per heavy atom. The third kappa shape index (κ3) is 6.37. The van der Waals surface area contributed by atoms with Crippen LogP contribution in [0, 0.1) is 5.82 Å². The van der Waals surface area contributed by atoms with Crippen molar-refractivity contribution in [2.45, 2.75) is 11.4 Å². The molecular formula is C22H20FN3O5S. The Bertz CT molecular complexity index is 1200. The zero-order chi connectivity index (χ0) is 23.0. The lowest BCUT2D eigenvalue weighted by Gasteiger charge is -2.11. The van der Waals surface area contributed by atoms with Crippen molar-refractivity contribution >= 4 is 21.8 Å². The quantitative estimate of drug-likeness (QED) is 0.449. The van der Waals surface area contributed by atoms with Crippen LogP contribution in [0.15, 0.2) is 83.8 Å². The predicted molar refractivity (Wildman–Crippen MR) is 114 cm³/mol. The van der Waals surface area contributed by atoms with E-state index in [0.717, 1.165) is 5.56 Å². The van der Waals surface area contributed by atoms with E-state index < -0.39 is 34.3 Å². The Balaban J connectivity index is 1.55. The molecule has 8 nitrogen and oxygen atoms in total. The molecule has 0 saturated heterocycles. The van der Waals surface area contributed by atoms with Crippen molar-refractivity contribution in [3.63, 3.8) is 0 Å². The summed E-state index contributed by atoms with van der Waals surface area (Å²) < 4.78 is 46.1. The number of hydrazine groups is 1. The molecule has 0 aliphatic heterocycles. The van der Waals surface area contributed by atoms with E-state index in [-0.39, 0.29) is 22.8 Å². The van der Waals surface area contributed by atoms with Crippen LogP contribution in [-0.2, 0) is 21.4 Å². The average molecular weight is 457 g/mol. The molecule has 0 radical (unpaired) electrons. The first kappa shape index (κ1) is 22.9. The molecule has 3 aromatic rings. The van der Waals surface area contributed by atoms with Crippen molar-refractivity contribution < 1.29 is 27.1 Å². The predicted octanol–water partition coefficient (Wildman–Crippen LogP) is 2.14. The Hall–Kier alpha value is -3.76. The van der Waals surface area contributed by atoms with Crippen LogP contribution in [0.3, 0.4) is 0 Å². The minimum absolute atomic E-state index is 0.0166. The van der Waals surface area contributed by atoms with Gasteiger partial charge in [-0.3, -0.25) is 20.4 Å². The summed E-state index contributed by atoms with van der Waals surface area (Å²) in [5.74, 6) is -2.18. The maximum Gasteiger partial charge on any atom is 0.276 e. The molecule has 3 rings (SSSR count). The summed E-state index contributed by atoms with van der Waals surface area (Å²) >= 11 is 0. The van der Waals surface area contributed by atoms with Gasteiger partial charge in [-0.05, 0) is 35.9 Å². The zero-order valence-electron chi connectivity index (χ0n) is 16.7. The molecule has 0 fully saturated rings. The highest BCUT2D eigenvalue weighted by Crippen LogP contribution is 2.15. The number of ether oxygens (including phenoxy) is 1. The van der Waals surface area contributed by atoms with Crippen LogP contribution in [0.4, 0.5) is 4.39 Å². The normalized spacial score (nSPS) is 10.9. The molecule has 2 amide bonds. The van der Waals surface area contributed by atoms with Crippen LogP contribution in [-0.4, -0.2) is 26.8 Å². The third-order valence-corrected chi connectivity index (χ3v) is 5.63. The summed E-state index contributed by atoms with van der Waals surface area (Å²) in [5, 5.41) is 0. The minimum atomic E-state index is -3.86. The van der Waals surface area contributed by atoms with Crippen LogP contribution in [0.5, 0.6) is 5.75 Å². The van der Waals surface area contributed by atoms with Gasteiger partial charge in [0.05, 0.1) is 4.90 Å². The highest BCUT2D eigenvalue weighted by molar-refractivity contribution is 7.89. The van der Waals surface area contributed by atoms with E-state index in [0.29, 0.717) is 0 Å². The van der Waals surface area contributed by atoms with Gasteiger partial charge in [0.1, 0.15) is 0 Å². The average Bonchev–Trinajstić information content (AvgIpc) is 2.81. The van der Waals surface area contributed by atoms with Crippen molar-refractivity contribution in [1.82, 2.24) is 15.6 Å². The van der Waals surface area contributed by atoms with Gasteiger partial charge in [-0.25, -0.2) is 17.5 Å². The first-order valence-electron chi connectivity index (χ1n) is 9.45. The smallest absolute Gasteiger partial charge is 0.276 e. The lowest BCUT2D eigenvalue weighted by atomic mass is 10.2. The molecule has 0 bridgehead atoms. The first-order valence-corrected chi connectivity index (χ1v) is 10.9. The summed E-state index contributed by atoms with van der Waals surface area (Å²) in [6.07, 6.45) is 0. The summed E-state index contributed by atoms with van der Waals surface area (Å²) in [6.45, 7) is -0.434. The number of benzene rings is 3. The van der Waals surface area contributed by atoms with Crippen LogP contribution >= 0.6 is 0 Å². The molecule has 32 heavy (non-hydrogen) atoms. The number of carbonyl (C=O) groups is 2. The zero-order valence-corrected chi connectivity index (χ0v) is 17.6. The minimum Gasteiger partial charge on any atom is -0.481 e. The van der Waals surface area contributed by atoms with E-state index in [1.54, 1.807) is 30.3 Å². The lowest BCUT2D eigenvalue weighted by Crippen LogP contribution is -2.43. The second kappa shape index (κ2) is 10.5. The molecule has 0 spiro atoms. The number of hydrogen-bond donors (Lipinski definition) is 3. The van der Waals surface area contributed by atoms with Crippen molar-refractivity contribution in [2.75, 3.05) is 6.61 Å². The van der Waals surface area contributed by atoms with Crippen molar-refractivity contribution in [2.24, 2.45) is 0 Å². The summed E-state index contributed by atoms with van der Waals surface area (Å²) in [5.41, 5.74) is 5.08. The van der Waals surface area contributed by atoms with Gasteiger partial charge in [0.2, 0.25) is 10.0 Å². The SMILES string of the molecule is O=C(COc1ccccc1F)NNC(=O)c1cccc(S(=O)(=O)NCc2ccccc2)c1. The molecule has 166 valence electrons. The van der Waals surface area contributed by atoms with Crippen molar-refractivity contribution in [3.05, 3.63) is 95.8 Å². The molecule has 0 heterocycles. The van der Waals surface area contributed by atoms with Gasteiger partial charge >= 0.3 is 0 Å². The fourth-order valence-electron chi connectivity index (χ4n) is 2.60. The van der Waals surface area contributed by atoms with Crippen LogP contribution in [0.1, 0.15) is 15.9 Å². The van der Waals surface area contributed by atoms with Crippen molar-refractivity contribution in [3.8, 4) is 5.75 Å². The van der Waals surface area contributed by atoms with E-state index in [2.05, 4.69) is 15.6 Å². The Labute approximate surface area is 184 Å². The van der Waals surface area contributed by atoms with Gasteiger partial charge in [-0.15, -0.1) is 0 Å². The van der Waals surface area contributed by atoms with Crippen molar-refractivity contribution in [1.29, 1.82) is 0 Å². The molecule has 0 aliphatic carbocycles. The first-order chi connectivity index (χ1) is 15.3. The monoisotopic (exact) mass is 457 g/mol. The molecule has 0 aromatic heterocycles.